The first-order valence-corrected chi connectivity index (χ1v) is 8.84. The Morgan fingerprint density at radius 1 is 1.26 bits per heavy atom. The molecular weight excluding hydrogens is 352 g/mol. The molecule has 2 amide bonds. The lowest BCUT2D eigenvalue weighted by molar-refractivity contribution is -0.146. The second-order valence-corrected chi connectivity index (χ2v) is 6.98. The molecule has 1 aliphatic heterocycles. The number of aliphatic carboxylic acids is 1. The van der Waals surface area contributed by atoms with Crippen LogP contribution in [0.2, 0.25) is 0 Å². The molecule has 2 bridgehead atoms. The fourth-order valence-corrected chi connectivity index (χ4v) is 4.33. The first kappa shape index (κ1) is 17.4. The Morgan fingerprint density at radius 2 is 2.00 bits per heavy atom. The fourth-order valence-electron chi connectivity index (χ4n) is 4.33. The van der Waals surface area contributed by atoms with E-state index >= 15 is 0 Å². The van der Waals surface area contributed by atoms with Crippen LogP contribution in [0, 0.1) is 23.7 Å². The van der Waals surface area contributed by atoms with Gasteiger partial charge in [-0.15, -0.1) is 0 Å². The van der Waals surface area contributed by atoms with Crippen molar-refractivity contribution in [3.63, 3.8) is 0 Å². The number of hydrogen-bond donors (Lipinski definition) is 2. The Bertz CT molecular complexity index is 835. The first-order valence-electron chi connectivity index (χ1n) is 8.84. The van der Waals surface area contributed by atoms with E-state index in [2.05, 4.69) is 5.32 Å². The molecule has 3 aliphatic rings. The second-order valence-electron chi connectivity index (χ2n) is 6.98. The molecule has 1 saturated carbocycles. The summed E-state index contributed by atoms with van der Waals surface area (Å²) < 4.78 is 10.3. The van der Waals surface area contributed by atoms with Gasteiger partial charge in [-0.1, -0.05) is 12.2 Å². The number of nitrogens with zero attached hydrogens (tertiary/aromatic N) is 1. The molecule has 8 heteroatoms. The van der Waals surface area contributed by atoms with E-state index in [1.807, 2.05) is 12.2 Å². The smallest absolute Gasteiger partial charge is 0.414 e. The Hall–Kier alpha value is -3.03. The summed E-state index contributed by atoms with van der Waals surface area (Å²) in [5.74, 6) is -2.23. The molecule has 4 rings (SSSR count). The zero-order chi connectivity index (χ0) is 19.1. The number of cyclic esters (lactones) is 1. The number of benzene rings is 1. The molecule has 4 atom stereocenters. The Morgan fingerprint density at radius 3 is 2.63 bits per heavy atom. The van der Waals surface area contributed by atoms with E-state index in [-0.39, 0.29) is 17.7 Å². The monoisotopic (exact) mass is 372 g/mol. The summed E-state index contributed by atoms with van der Waals surface area (Å²) in [5, 5.41) is 12.3. The molecule has 0 radical (unpaired) electrons. The number of carbonyl (C=O) groups is 3. The number of hydrogen-bond acceptors (Lipinski definition) is 5. The highest BCUT2D eigenvalue weighted by molar-refractivity contribution is 5.97. The summed E-state index contributed by atoms with van der Waals surface area (Å²) in [7, 11) is 1.48. The Labute approximate surface area is 155 Å². The number of ether oxygens (including phenoxy) is 2. The topological polar surface area (TPSA) is 105 Å². The summed E-state index contributed by atoms with van der Waals surface area (Å²) in [6.45, 7) is 0.744. The normalized spacial score (nSPS) is 28.3. The second kappa shape index (κ2) is 6.61. The highest BCUT2D eigenvalue weighted by Gasteiger charge is 2.51. The highest BCUT2D eigenvalue weighted by Crippen LogP contribution is 2.48. The predicted molar refractivity (Wildman–Crippen MR) is 95.7 cm³/mol. The highest BCUT2D eigenvalue weighted by atomic mass is 16.6. The van der Waals surface area contributed by atoms with Crippen LogP contribution < -0.4 is 15.0 Å². The molecular formula is C19H20N2O6. The van der Waals surface area contributed by atoms with Gasteiger partial charge in [-0.2, -0.15) is 0 Å². The van der Waals surface area contributed by atoms with E-state index in [4.69, 9.17) is 9.47 Å². The van der Waals surface area contributed by atoms with E-state index in [9.17, 15) is 19.5 Å². The van der Waals surface area contributed by atoms with E-state index in [0.29, 0.717) is 36.7 Å². The van der Waals surface area contributed by atoms with Gasteiger partial charge in [-0.3, -0.25) is 14.5 Å². The Balaban J connectivity index is 1.54. The maximum Gasteiger partial charge on any atom is 0.414 e. The molecule has 27 heavy (non-hydrogen) atoms. The number of amides is 2. The molecule has 142 valence electrons. The molecule has 2 N–H and O–H groups in total. The minimum atomic E-state index is -0.938. The van der Waals surface area contributed by atoms with Crippen LogP contribution in [-0.2, 0) is 14.3 Å². The van der Waals surface area contributed by atoms with Gasteiger partial charge in [0.1, 0.15) is 12.4 Å². The van der Waals surface area contributed by atoms with E-state index in [1.54, 1.807) is 18.2 Å². The largest absolute Gasteiger partial charge is 0.494 e. The SMILES string of the molecule is COc1cc(NC(=O)C2C3C=CC(C3)C2C(=O)O)ccc1N1CCOC1=O. The minimum Gasteiger partial charge on any atom is -0.494 e. The molecule has 1 saturated heterocycles. The Kier molecular flexibility index (Phi) is 4.25. The number of carbonyl (C=O) groups excluding carboxylic acids is 2. The summed E-state index contributed by atoms with van der Waals surface area (Å²) in [6, 6.07) is 4.97. The number of methoxy groups -OCH3 is 1. The number of carboxylic acid groups (broad SMARTS) is 1. The summed E-state index contributed by atoms with van der Waals surface area (Å²) in [4.78, 5) is 37.6. The van der Waals surface area contributed by atoms with Crippen molar-refractivity contribution in [2.24, 2.45) is 23.7 Å². The van der Waals surface area contributed by atoms with Crippen LogP contribution in [-0.4, -0.2) is 43.3 Å². The third kappa shape index (κ3) is 2.90. The van der Waals surface area contributed by atoms with Crippen molar-refractivity contribution in [1.82, 2.24) is 0 Å². The lowest BCUT2D eigenvalue weighted by Gasteiger charge is -2.24. The van der Waals surface area contributed by atoms with Gasteiger partial charge < -0.3 is 19.9 Å². The van der Waals surface area contributed by atoms with Crippen LogP contribution in [0.25, 0.3) is 0 Å². The molecule has 0 aromatic heterocycles. The van der Waals surface area contributed by atoms with Crippen molar-refractivity contribution in [1.29, 1.82) is 0 Å². The lowest BCUT2D eigenvalue weighted by atomic mass is 9.82. The molecule has 2 fully saturated rings. The molecule has 1 aromatic rings. The van der Waals surface area contributed by atoms with Crippen LogP contribution in [0.15, 0.2) is 30.4 Å². The fraction of sp³-hybridized carbons (Fsp3) is 0.421. The molecule has 4 unspecified atom stereocenters. The van der Waals surface area contributed by atoms with E-state index in [1.165, 1.54) is 12.0 Å². The molecule has 1 aromatic carbocycles. The van der Waals surface area contributed by atoms with Gasteiger partial charge in [0, 0.05) is 11.8 Å². The first-order chi connectivity index (χ1) is 13.0. The maximum atomic E-state index is 12.8. The lowest BCUT2D eigenvalue weighted by Crippen LogP contribution is -2.36. The molecule has 8 nitrogen and oxygen atoms in total. The standard InChI is InChI=1S/C19H20N2O6/c1-26-14-9-12(4-5-13(14)21-6-7-27-19(21)25)20-17(22)15-10-2-3-11(8-10)16(15)18(23)24/h2-5,9-11,15-16H,6-8H2,1H3,(H,20,22)(H,23,24). The van der Waals surface area contributed by atoms with E-state index < -0.39 is 23.9 Å². The summed E-state index contributed by atoms with van der Waals surface area (Å²) in [6.07, 6.45) is 4.11. The van der Waals surface area contributed by atoms with Gasteiger partial charge in [-0.25, -0.2) is 4.79 Å². The third-order valence-electron chi connectivity index (χ3n) is 5.55. The van der Waals surface area contributed by atoms with Crippen LogP contribution in [0.3, 0.4) is 0 Å². The average Bonchev–Trinajstić information content (AvgIpc) is 3.37. The van der Waals surface area contributed by atoms with E-state index in [0.717, 1.165) is 0 Å². The number of anilines is 2. The van der Waals surface area contributed by atoms with Crippen LogP contribution in [0.4, 0.5) is 16.2 Å². The van der Waals surface area contributed by atoms with Crippen molar-refractivity contribution < 1.29 is 29.0 Å². The number of carboxylic acids is 1. The number of allylic oxidation sites excluding steroid dienone is 2. The van der Waals surface area contributed by atoms with Gasteiger partial charge in [0.05, 0.1) is 31.2 Å². The van der Waals surface area contributed by atoms with Crippen molar-refractivity contribution in [3.05, 3.63) is 30.4 Å². The van der Waals surface area contributed by atoms with Gasteiger partial charge in [0.25, 0.3) is 0 Å². The summed E-state index contributed by atoms with van der Waals surface area (Å²) in [5.41, 5.74) is 1.05. The third-order valence-corrected chi connectivity index (χ3v) is 5.55. The number of rotatable bonds is 5. The van der Waals surface area contributed by atoms with Crippen molar-refractivity contribution >= 4 is 29.3 Å². The zero-order valence-electron chi connectivity index (χ0n) is 14.8. The molecule has 0 spiro atoms. The minimum absolute atomic E-state index is 0.0448. The van der Waals surface area contributed by atoms with Gasteiger partial charge in [0.2, 0.25) is 5.91 Å². The van der Waals surface area contributed by atoms with Gasteiger partial charge in [-0.05, 0) is 30.4 Å². The van der Waals surface area contributed by atoms with Crippen molar-refractivity contribution in [2.75, 3.05) is 30.5 Å². The van der Waals surface area contributed by atoms with Crippen LogP contribution in [0.5, 0.6) is 5.75 Å². The zero-order valence-corrected chi connectivity index (χ0v) is 14.8. The average molecular weight is 372 g/mol. The van der Waals surface area contributed by atoms with Crippen LogP contribution in [0.1, 0.15) is 6.42 Å². The van der Waals surface area contributed by atoms with Crippen molar-refractivity contribution in [2.45, 2.75) is 6.42 Å². The molecule has 1 heterocycles. The maximum absolute atomic E-state index is 12.8. The van der Waals surface area contributed by atoms with Crippen molar-refractivity contribution in [3.8, 4) is 5.75 Å². The van der Waals surface area contributed by atoms with Gasteiger partial charge in [0.15, 0.2) is 0 Å². The number of nitrogens with one attached hydrogen (secondary N) is 1. The predicted octanol–water partition coefficient (Wildman–Crippen LogP) is 2.11. The number of fused-ring (bicyclic) bond motifs is 2. The van der Waals surface area contributed by atoms with Crippen LogP contribution >= 0.6 is 0 Å². The summed E-state index contributed by atoms with van der Waals surface area (Å²) >= 11 is 0. The van der Waals surface area contributed by atoms with Gasteiger partial charge >= 0.3 is 12.1 Å². The molecule has 2 aliphatic carbocycles. The quantitative estimate of drug-likeness (QED) is 0.767.